The van der Waals surface area contributed by atoms with Gasteiger partial charge in [-0.1, -0.05) is 56.5 Å². The lowest BCUT2D eigenvalue weighted by Gasteiger charge is -2.31. The largest absolute Gasteiger partial charge is 0.352 e. The summed E-state index contributed by atoms with van der Waals surface area (Å²) < 4.78 is 0. The van der Waals surface area contributed by atoms with E-state index in [0.29, 0.717) is 13.0 Å². The van der Waals surface area contributed by atoms with Gasteiger partial charge >= 0.3 is 0 Å². The van der Waals surface area contributed by atoms with Gasteiger partial charge in [0.25, 0.3) is 0 Å². The van der Waals surface area contributed by atoms with Gasteiger partial charge < -0.3 is 10.2 Å². The molecule has 1 saturated carbocycles. The highest BCUT2D eigenvalue weighted by atomic mass is 16.2. The van der Waals surface area contributed by atoms with Crippen molar-refractivity contribution in [2.45, 2.75) is 70.9 Å². The number of hydrogen-bond acceptors (Lipinski definition) is 2. The molecule has 2 rings (SSSR count). The molecule has 1 N–H and O–H groups in total. The van der Waals surface area contributed by atoms with Gasteiger partial charge in [0, 0.05) is 19.0 Å². The van der Waals surface area contributed by atoms with Gasteiger partial charge in [0.05, 0.1) is 0 Å². The Morgan fingerprint density at radius 1 is 1.17 bits per heavy atom. The van der Waals surface area contributed by atoms with E-state index in [-0.39, 0.29) is 17.9 Å². The molecule has 0 aliphatic heterocycles. The quantitative estimate of drug-likeness (QED) is 0.834. The molecule has 0 radical (unpaired) electrons. The zero-order chi connectivity index (χ0) is 17.4. The molecule has 4 heteroatoms. The Morgan fingerprint density at radius 3 is 2.46 bits per heavy atom. The van der Waals surface area contributed by atoms with Crippen molar-refractivity contribution in [3.63, 3.8) is 0 Å². The molecule has 1 atom stereocenters. The van der Waals surface area contributed by atoms with Crippen molar-refractivity contribution in [2.24, 2.45) is 0 Å². The summed E-state index contributed by atoms with van der Waals surface area (Å²) in [4.78, 5) is 26.6. The van der Waals surface area contributed by atoms with Gasteiger partial charge in [-0.15, -0.1) is 0 Å². The molecule has 0 heterocycles. The van der Waals surface area contributed by atoms with Gasteiger partial charge in [0.15, 0.2) is 0 Å². The number of hydrogen-bond donors (Lipinski definition) is 1. The van der Waals surface area contributed by atoms with Crippen molar-refractivity contribution in [1.29, 1.82) is 0 Å². The second-order valence-electron chi connectivity index (χ2n) is 6.70. The molecule has 0 bridgehead atoms. The molecule has 1 unspecified atom stereocenters. The predicted octanol–water partition coefficient (Wildman–Crippen LogP) is 3.31. The van der Waals surface area contributed by atoms with Crippen LogP contribution in [0.3, 0.4) is 0 Å². The average molecular weight is 330 g/mol. The lowest BCUT2D eigenvalue weighted by molar-refractivity contribution is -0.140. The maximum absolute atomic E-state index is 12.6. The van der Waals surface area contributed by atoms with Crippen LogP contribution in [0.25, 0.3) is 0 Å². The van der Waals surface area contributed by atoms with Crippen LogP contribution >= 0.6 is 0 Å². The van der Waals surface area contributed by atoms with Gasteiger partial charge in [-0.2, -0.15) is 0 Å². The van der Waals surface area contributed by atoms with Crippen LogP contribution in [0.1, 0.15) is 57.9 Å². The first-order chi connectivity index (χ1) is 11.6. The molecular weight excluding hydrogens is 300 g/mol. The van der Waals surface area contributed by atoms with E-state index in [9.17, 15) is 9.59 Å². The van der Waals surface area contributed by atoms with Crippen molar-refractivity contribution in [3.05, 3.63) is 35.9 Å². The number of nitrogens with zero attached hydrogens (tertiary/aromatic N) is 1. The molecule has 2 amide bonds. The fraction of sp³-hybridized carbons (Fsp3) is 0.600. The molecule has 1 aliphatic carbocycles. The second kappa shape index (κ2) is 9.45. The van der Waals surface area contributed by atoms with E-state index in [4.69, 9.17) is 0 Å². The van der Waals surface area contributed by atoms with E-state index in [1.165, 1.54) is 24.8 Å². The van der Waals surface area contributed by atoms with Crippen LogP contribution in [0, 0.1) is 0 Å². The second-order valence-corrected chi connectivity index (χ2v) is 6.70. The van der Waals surface area contributed by atoms with Gasteiger partial charge in [0.2, 0.25) is 11.8 Å². The summed E-state index contributed by atoms with van der Waals surface area (Å²) in [5.41, 5.74) is 1.19. The molecule has 4 nitrogen and oxygen atoms in total. The van der Waals surface area contributed by atoms with Crippen molar-refractivity contribution in [3.8, 4) is 0 Å². The molecular formula is C20H30N2O2. The molecule has 24 heavy (non-hydrogen) atoms. The monoisotopic (exact) mass is 330 g/mol. The van der Waals surface area contributed by atoms with Crippen LogP contribution in [0.4, 0.5) is 0 Å². The third-order valence-corrected chi connectivity index (χ3v) is 4.91. The van der Waals surface area contributed by atoms with Crippen molar-refractivity contribution in [1.82, 2.24) is 10.2 Å². The molecule has 1 aliphatic rings. The zero-order valence-electron chi connectivity index (χ0n) is 15.0. The Hall–Kier alpha value is -1.84. The number of nitrogens with one attached hydrogen (secondary N) is 1. The Bertz CT molecular complexity index is 524. The topological polar surface area (TPSA) is 49.4 Å². The van der Waals surface area contributed by atoms with Gasteiger partial charge in [0.1, 0.15) is 6.04 Å². The van der Waals surface area contributed by atoms with E-state index in [1.54, 1.807) is 4.90 Å². The van der Waals surface area contributed by atoms with Gasteiger partial charge in [-0.3, -0.25) is 9.59 Å². The summed E-state index contributed by atoms with van der Waals surface area (Å²) in [6, 6.07) is 9.96. The van der Waals surface area contributed by atoms with E-state index < -0.39 is 6.04 Å². The average Bonchev–Trinajstić information content (AvgIpc) is 2.63. The molecule has 1 aromatic carbocycles. The molecule has 0 spiro atoms. The number of benzene rings is 1. The maximum Gasteiger partial charge on any atom is 0.242 e. The highest BCUT2D eigenvalue weighted by Gasteiger charge is 2.26. The van der Waals surface area contributed by atoms with Crippen LogP contribution in [0.5, 0.6) is 0 Å². The molecule has 0 aromatic heterocycles. The zero-order valence-corrected chi connectivity index (χ0v) is 15.0. The maximum atomic E-state index is 12.6. The highest BCUT2D eigenvalue weighted by molar-refractivity contribution is 5.87. The summed E-state index contributed by atoms with van der Waals surface area (Å²) in [5, 5.41) is 3.14. The van der Waals surface area contributed by atoms with Crippen molar-refractivity contribution >= 4 is 11.8 Å². The third-order valence-electron chi connectivity index (χ3n) is 4.91. The third kappa shape index (κ3) is 5.36. The normalized spacial score (nSPS) is 16.4. The van der Waals surface area contributed by atoms with E-state index in [0.717, 1.165) is 19.3 Å². The first-order valence-electron chi connectivity index (χ1n) is 9.25. The Kier molecular flexibility index (Phi) is 7.29. The minimum atomic E-state index is -0.414. The summed E-state index contributed by atoms with van der Waals surface area (Å²) >= 11 is 0. The van der Waals surface area contributed by atoms with Crippen molar-refractivity contribution in [2.75, 3.05) is 6.54 Å². The number of rotatable bonds is 7. The first kappa shape index (κ1) is 18.5. The van der Waals surface area contributed by atoms with Gasteiger partial charge in [-0.05, 0) is 31.7 Å². The number of carbonyl (C=O) groups is 2. The van der Waals surface area contributed by atoms with Crippen LogP contribution in [0.15, 0.2) is 30.3 Å². The summed E-state index contributed by atoms with van der Waals surface area (Å²) in [6.07, 6.45) is 6.95. The highest BCUT2D eigenvalue weighted by Crippen LogP contribution is 2.18. The van der Waals surface area contributed by atoms with E-state index in [1.807, 2.05) is 32.0 Å². The minimum Gasteiger partial charge on any atom is -0.352 e. The lowest BCUT2D eigenvalue weighted by Crippen LogP contribution is -2.51. The molecule has 132 valence electrons. The van der Waals surface area contributed by atoms with Crippen LogP contribution in [-0.2, 0) is 16.0 Å². The fourth-order valence-corrected chi connectivity index (χ4v) is 3.34. The summed E-state index contributed by atoms with van der Waals surface area (Å²) in [7, 11) is 0. The SMILES string of the molecule is CCC(=O)N(CCc1ccccc1)C(C)C(=O)NC1CCCCC1. The van der Waals surface area contributed by atoms with E-state index in [2.05, 4.69) is 17.4 Å². The Balaban J connectivity index is 1.94. The van der Waals surface area contributed by atoms with Crippen LogP contribution < -0.4 is 5.32 Å². The molecule has 0 saturated heterocycles. The predicted molar refractivity (Wildman–Crippen MR) is 96.6 cm³/mol. The summed E-state index contributed by atoms with van der Waals surface area (Å²) in [6.45, 7) is 4.27. The standard InChI is InChI=1S/C20H30N2O2/c1-3-19(23)22(15-14-17-10-6-4-7-11-17)16(2)20(24)21-18-12-8-5-9-13-18/h4,6-7,10-11,16,18H,3,5,8-9,12-15H2,1-2H3,(H,21,24). The molecule has 1 fully saturated rings. The Morgan fingerprint density at radius 2 is 1.83 bits per heavy atom. The minimum absolute atomic E-state index is 0.0169. The van der Waals surface area contributed by atoms with Crippen LogP contribution in [0.2, 0.25) is 0 Å². The molecule has 1 aromatic rings. The van der Waals surface area contributed by atoms with E-state index >= 15 is 0 Å². The van der Waals surface area contributed by atoms with Gasteiger partial charge in [-0.25, -0.2) is 0 Å². The lowest BCUT2D eigenvalue weighted by atomic mass is 9.95. The first-order valence-corrected chi connectivity index (χ1v) is 9.25. The van der Waals surface area contributed by atoms with Crippen molar-refractivity contribution < 1.29 is 9.59 Å². The van der Waals surface area contributed by atoms with Crippen LogP contribution in [-0.4, -0.2) is 35.3 Å². The number of carbonyl (C=O) groups excluding carboxylic acids is 2. The number of amides is 2. The smallest absolute Gasteiger partial charge is 0.242 e. The Labute approximate surface area is 145 Å². The fourth-order valence-electron chi connectivity index (χ4n) is 3.34. The summed E-state index contributed by atoms with van der Waals surface area (Å²) in [5.74, 6) is 0.0222.